The van der Waals surface area contributed by atoms with Gasteiger partial charge in [0, 0.05) is 22.9 Å². The Morgan fingerprint density at radius 2 is 1.66 bits per heavy atom. The molecule has 148 valence electrons. The molecule has 0 heterocycles. The van der Waals surface area contributed by atoms with E-state index in [4.69, 9.17) is 21.4 Å². The average Bonchev–Trinajstić information content (AvgIpc) is 2.74. The summed E-state index contributed by atoms with van der Waals surface area (Å²) in [7, 11) is 0. The molecule has 1 unspecified atom stereocenters. The highest BCUT2D eigenvalue weighted by Gasteiger charge is 2.23. The zero-order valence-corrected chi connectivity index (χ0v) is 16.5. The second kappa shape index (κ2) is 9.89. The van der Waals surface area contributed by atoms with Crippen molar-refractivity contribution < 1.29 is 19.4 Å². The lowest BCUT2D eigenvalue weighted by molar-refractivity contribution is -0.137. The number of carbonyl (C=O) groups excluding carboxylic acids is 1. The van der Waals surface area contributed by atoms with Gasteiger partial charge in [-0.05, 0) is 41.8 Å². The monoisotopic (exact) mass is 408 g/mol. The summed E-state index contributed by atoms with van der Waals surface area (Å²) in [5.41, 5.74) is 2.27. The molecule has 0 radical (unpaired) electrons. The van der Waals surface area contributed by atoms with Crippen LogP contribution in [-0.4, -0.2) is 16.9 Å². The van der Waals surface area contributed by atoms with Crippen LogP contribution in [0.25, 0.3) is 0 Å². The molecule has 0 bridgehead atoms. The fraction of sp³-hybridized carbons (Fsp3) is 0.167. The molecule has 3 aromatic rings. The number of carboxylic acids is 1. The molecule has 0 saturated carbocycles. The topological polar surface area (TPSA) is 63.6 Å². The van der Waals surface area contributed by atoms with E-state index in [-0.39, 0.29) is 18.6 Å². The molecule has 0 spiro atoms. The fourth-order valence-electron chi connectivity index (χ4n) is 3.09. The van der Waals surface area contributed by atoms with Crippen LogP contribution in [0, 0.1) is 0 Å². The Morgan fingerprint density at radius 3 is 2.34 bits per heavy atom. The Kier molecular flexibility index (Phi) is 7.04. The van der Waals surface area contributed by atoms with Crippen LogP contribution in [0.4, 0.5) is 0 Å². The third-order valence-electron chi connectivity index (χ3n) is 4.60. The van der Waals surface area contributed by atoms with E-state index in [1.165, 1.54) is 0 Å². The molecular formula is C24H21ClO4. The van der Waals surface area contributed by atoms with E-state index in [1.54, 1.807) is 48.5 Å². The number of benzene rings is 3. The van der Waals surface area contributed by atoms with Gasteiger partial charge in [-0.1, -0.05) is 66.2 Å². The van der Waals surface area contributed by atoms with Gasteiger partial charge in [-0.2, -0.15) is 0 Å². The number of halogens is 1. The van der Waals surface area contributed by atoms with Crippen LogP contribution in [0.15, 0.2) is 78.9 Å². The van der Waals surface area contributed by atoms with E-state index in [9.17, 15) is 9.59 Å². The summed E-state index contributed by atoms with van der Waals surface area (Å²) >= 11 is 5.95. The third kappa shape index (κ3) is 5.93. The first-order valence-corrected chi connectivity index (χ1v) is 9.69. The lowest BCUT2D eigenvalue weighted by atomic mass is 9.87. The van der Waals surface area contributed by atoms with Gasteiger partial charge in [0.25, 0.3) is 0 Å². The highest BCUT2D eigenvalue weighted by molar-refractivity contribution is 6.30. The predicted molar refractivity (Wildman–Crippen MR) is 113 cm³/mol. The zero-order chi connectivity index (χ0) is 20.6. The van der Waals surface area contributed by atoms with Crippen LogP contribution >= 0.6 is 11.6 Å². The largest absolute Gasteiger partial charge is 0.489 e. The maximum absolute atomic E-state index is 13.2. The van der Waals surface area contributed by atoms with Crippen molar-refractivity contribution in [3.8, 4) is 5.75 Å². The predicted octanol–water partition coefficient (Wildman–Crippen LogP) is 5.75. The SMILES string of the molecule is O=C(O)CCC(C(=O)c1cccc(OCc2ccccc2)c1)c1ccc(Cl)cc1. The molecule has 29 heavy (non-hydrogen) atoms. The summed E-state index contributed by atoms with van der Waals surface area (Å²) in [6.07, 6.45) is 0.119. The summed E-state index contributed by atoms with van der Waals surface area (Å²) < 4.78 is 5.82. The highest BCUT2D eigenvalue weighted by atomic mass is 35.5. The van der Waals surface area contributed by atoms with E-state index in [1.807, 2.05) is 30.3 Å². The molecule has 0 saturated heterocycles. The van der Waals surface area contributed by atoms with Gasteiger partial charge in [0.1, 0.15) is 12.4 Å². The minimum Gasteiger partial charge on any atom is -0.489 e. The Morgan fingerprint density at radius 1 is 0.931 bits per heavy atom. The molecule has 3 rings (SSSR count). The summed E-state index contributed by atoms with van der Waals surface area (Å²) in [6, 6.07) is 23.7. The second-order valence-electron chi connectivity index (χ2n) is 6.70. The first-order chi connectivity index (χ1) is 14.0. The van der Waals surface area contributed by atoms with Gasteiger partial charge < -0.3 is 9.84 Å². The zero-order valence-electron chi connectivity index (χ0n) is 15.8. The van der Waals surface area contributed by atoms with Gasteiger partial charge in [0.05, 0.1) is 0 Å². The van der Waals surface area contributed by atoms with E-state index in [0.717, 1.165) is 11.1 Å². The number of hydrogen-bond acceptors (Lipinski definition) is 3. The standard InChI is InChI=1S/C24H21ClO4/c25-20-11-9-18(10-12-20)22(13-14-23(26)27)24(28)19-7-4-8-21(15-19)29-16-17-5-2-1-3-6-17/h1-12,15,22H,13-14,16H2,(H,26,27). The summed E-state index contributed by atoms with van der Waals surface area (Å²) in [5, 5.41) is 9.64. The summed E-state index contributed by atoms with van der Waals surface area (Å²) in [5.74, 6) is -1.05. The number of Topliss-reactive ketones (excluding diaryl/α,β-unsaturated/α-hetero) is 1. The molecule has 0 fully saturated rings. The van der Waals surface area contributed by atoms with E-state index >= 15 is 0 Å². The maximum Gasteiger partial charge on any atom is 0.303 e. The Balaban J connectivity index is 1.79. The minimum atomic E-state index is -0.934. The quantitative estimate of drug-likeness (QED) is 0.458. The van der Waals surface area contributed by atoms with Gasteiger partial charge in [-0.3, -0.25) is 9.59 Å². The van der Waals surface area contributed by atoms with Crippen molar-refractivity contribution in [2.45, 2.75) is 25.4 Å². The van der Waals surface area contributed by atoms with Crippen LogP contribution in [0.5, 0.6) is 5.75 Å². The maximum atomic E-state index is 13.2. The molecule has 5 heteroatoms. The highest BCUT2D eigenvalue weighted by Crippen LogP contribution is 2.28. The Labute approximate surface area is 174 Å². The number of carbonyl (C=O) groups is 2. The number of ketones is 1. The molecular weight excluding hydrogens is 388 g/mol. The van der Waals surface area contributed by atoms with Crippen molar-refractivity contribution in [1.82, 2.24) is 0 Å². The average molecular weight is 409 g/mol. The van der Waals surface area contributed by atoms with Crippen molar-refractivity contribution in [3.63, 3.8) is 0 Å². The number of ether oxygens (including phenoxy) is 1. The molecule has 0 aliphatic carbocycles. The molecule has 1 atom stereocenters. The number of aliphatic carboxylic acids is 1. The van der Waals surface area contributed by atoms with E-state index in [2.05, 4.69) is 0 Å². The lowest BCUT2D eigenvalue weighted by Crippen LogP contribution is -2.15. The second-order valence-corrected chi connectivity index (χ2v) is 7.14. The lowest BCUT2D eigenvalue weighted by Gasteiger charge is -2.16. The van der Waals surface area contributed by atoms with Crippen molar-refractivity contribution in [1.29, 1.82) is 0 Å². The van der Waals surface area contributed by atoms with Crippen molar-refractivity contribution in [2.75, 3.05) is 0 Å². The number of hydrogen-bond donors (Lipinski definition) is 1. The van der Waals surface area contributed by atoms with E-state index in [0.29, 0.717) is 22.9 Å². The van der Waals surface area contributed by atoms with Crippen LogP contribution in [0.1, 0.15) is 40.2 Å². The van der Waals surface area contributed by atoms with Crippen LogP contribution in [0.3, 0.4) is 0 Å². The Bertz CT molecular complexity index is 968. The van der Waals surface area contributed by atoms with Crippen molar-refractivity contribution in [2.24, 2.45) is 0 Å². The number of carboxylic acid groups (broad SMARTS) is 1. The molecule has 4 nitrogen and oxygen atoms in total. The summed E-state index contributed by atoms with van der Waals surface area (Å²) in [6.45, 7) is 0.401. The third-order valence-corrected chi connectivity index (χ3v) is 4.85. The molecule has 0 aliphatic rings. The van der Waals surface area contributed by atoms with Crippen molar-refractivity contribution in [3.05, 3.63) is 101 Å². The fourth-order valence-corrected chi connectivity index (χ4v) is 3.22. The molecule has 3 aromatic carbocycles. The van der Waals surface area contributed by atoms with Gasteiger partial charge >= 0.3 is 5.97 Å². The molecule has 1 N–H and O–H groups in total. The molecule has 0 aliphatic heterocycles. The smallest absolute Gasteiger partial charge is 0.303 e. The first kappa shape index (κ1) is 20.6. The van der Waals surface area contributed by atoms with Crippen LogP contribution in [-0.2, 0) is 11.4 Å². The summed E-state index contributed by atoms with van der Waals surface area (Å²) in [4.78, 5) is 24.3. The van der Waals surface area contributed by atoms with Crippen LogP contribution in [0.2, 0.25) is 5.02 Å². The normalized spacial score (nSPS) is 11.6. The van der Waals surface area contributed by atoms with Gasteiger partial charge in [-0.25, -0.2) is 0 Å². The van der Waals surface area contributed by atoms with Crippen molar-refractivity contribution >= 4 is 23.4 Å². The van der Waals surface area contributed by atoms with Gasteiger partial charge in [0.2, 0.25) is 0 Å². The molecule has 0 aromatic heterocycles. The Hall–Kier alpha value is -3.11. The number of rotatable bonds is 9. The minimum absolute atomic E-state index is 0.0940. The van der Waals surface area contributed by atoms with Crippen LogP contribution < -0.4 is 4.74 Å². The first-order valence-electron chi connectivity index (χ1n) is 9.31. The molecule has 0 amide bonds. The van der Waals surface area contributed by atoms with Gasteiger partial charge in [0.15, 0.2) is 5.78 Å². The van der Waals surface area contributed by atoms with E-state index < -0.39 is 11.9 Å². The van der Waals surface area contributed by atoms with Gasteiger partial charge in [-0.15, -0.1) is 0 Å².